The van der Waals surface area contributed by atoms with Crippen LogP contribution in [0.15, 0.2) is 48.5 Å². The minimum atomic E-state index is -0.963. The quantitative estimate of drug-likeness (QED) is 0.800. The van der Waals surface area contributed by atoms with Crippen LogP contribution in [0.4, 0.5) is 9.18 Å². The molecule has 1 N–H and O–H groups in total. The van der Waals surface area contributed by atoms with Gasteiger partial charge in [-0.1, -0.05) is 24.3 Å². The van der Waals surface area contributed by atoms with Crippen LogP contribution in [0.5, 0.6) is 0 Å². The van der Waals surface area contributed by atoms with Crippen molar-refractivity contribution in [3.8, 4) is 6.07 Å². The molecule has 1 heterocycles. The van der Waals surface area contributed by atoms with Crippen molar-refractivity contribution < 1.29 is 19.0 Å². The predicted molar refractivity (Wildman–Crippen MR) is 111 cm³/mol. The average Bonchev–Trinajstić information content (AvgIpc) is 3.17. The van der Waals surface area contributed by atoms with Crippen molar-refractivity contribution in [3.05, 3.63) is 71.0 Å². The van der Waals surface area contributed by atoms with E-state index in [4.69, 9.17) is 10.00 Å². The molecule has 3 atom stereocenters. The van der Waals surface area contributed by atoms with Crippen LogP contribution >= 0.6 is 0 Å². The molecule has 1 amide bonds. The van der Waals surface area contributed by atoms with Crippen molar-refractivity contribution >= 4 is 6.09 Å². The Hall–Kier alpha value is -2.91. The van der Waals surface area contributed by atoms with Gasteiger partial charge in [-0.05, 0) is 69.0 Å². The van der Waals surface area contributed by atoms with E-state index in [9.17, 15) is 14.3 Å². The second-order valence-electron chi connectivity index (χ2n) is 8.64. The molecule has 1 fully saturated rings. The minimum Gasteiger partial charge on any atom is -0.444 e. The predicted octanol–water partition coefficient (Wildman–Crippen LogP) is 4.59. The number of aliphatic hydroxyl groups is 1. The van der Waals surface area contributed by atoms with Crippen molar-refractivity contribution in [1.29, 1.82) is 5.26 Å². The lowest BCUT2D eigenvalue weighted by Gasteiger charge is -2.35. The molecule has 0 spiro atoms. The van der Waals surface area contributed by atoms with Gasteiger partial charge in [-0.3, -0.25) is 0 Å². The lowest BCUT2D eigenvalue weighted by molar-refractivity contribution is 0.00254. The zero-order valence-corrected chi connectivity index (χ0v) is 17.5. The Bertz CT molecular complexity index is 931. The summed E-state index contributed by atoms with van der Waals surface area (Å²) in [4.78, 5) is 14.3. The molecule has 0 bridgehead atoms. The van der Waals surface area contributed by atoms with E-state index in [1.165, 1.54) is 12.1 Å². The Morgan fingerprint density at radius 3 is 2.53 bits per heavy atom. The highest BCUT2D eigenvalue weighted by atomic mass is 19.1. The zero-order valence-electron chi connectivity index (χ0n) is 17.5. The highest BCUT2D eigenvalue weighted by Gasteiger charge is 2.40. The Morgan fingerprint density at radius 2 is 1.93 bits per heavy atom. The Kier molecular flexibility index (Phi) is 6.42. The Labute approximate surface area is 176 Å². The van der Waals surface area contributed by atoms with Crippen molar-refractivity contribution in [2.45, 2.75) is 57.3 Å². The van der Waals surface area contributed by atoms with Gasteiger partial charge in [0.25, 0.3) is 0 Å². The number of nitriles is 1. The van der Waals surface area contributed by atoms with Gasteiger partial charge in [0.1, 0.15) is 11.4 Å². The van der Waals surface area contributed by atoms with Gasteiger partial charge in [0.15, 0.2) is 0 Å². The third-order valence-corrected chi connectivity index (χ3v) is 5.27. The van der Waals surface area contributed by atoms with E-state index in [0.717, 1.165) is 12.0 Å². The molecule has 2 aromatic carbocycles. The first kappa shape index (κ1) is 21.8. The van der Waals surface area contributed by atoms with Gasteiger partial charge in [0, 0.05) is 12.5 Å². The number of nitrogens with zero attached hydrogens (tertiary/aromatic N) is 2. The molecule has 6 heteroatoms. The van der Waals surface area contributed by atoms with E-state index in [1.807, 2.05) is 0 Å². The maximum absolute atomic E-state index is 14.0. The molecule has 30 heavy (non-hydrogen) atoms. The van der Waals surface area contributed by atoms with Gasteiger partial charge in [-0.15, -0.1) is 0 Å². The third-order valence-electron chi connectivity index (χ3n) is 5.27. The second-order valence-corrected chi connectivity index (χ2v) is 8.64. The van der Waals surface area contributed by atoms with E-state index in [1.54, 1.807) is 62.1 Å². The van der Waals surface area contributed by atoms with Gasteiger partial charge in [-0.25, -0.2) is 9.18 Å². The smallest absolute Gasteiger partial charge is 0.410 e. The molecule has 0 radical (unpaired) electrons. The Balaban J connectivity index is 1.96. The number of amides is 1. The van der Waals surface area contributed by atoms with Gasteiger partial charge in [0.2, 0.25) is 0 Å². The molecule has 0 aliphatic carbocycles. The number of halogens is 1. The SMILES string of the molecule is CC(C)(C)OC(=O)N1CCCC1[C@H](O)[C@H](c1ccc(C#N)cc1)c1cccc(F)c1. The first-order chi connectivity index (χ1) is 14.2. The van der Waals surface area contributed by atoms with Gasteiger partial charge >= 0.3 is 6.09 Å². The topological polar surface area (TPSA) is 73.6 Å². The van der Waals surface area contributed by atoms with Gasteiger partial charge < -0.3 is 14.7 Å². The fraction of sp³-hybridized carbons (Fsp3) is 0.417. The minimum absolute atomic E-state index is 0.395. The number of hydrogen-bond donors (Lipinski definition) is 1. The van der Waals surface area contributed by atoms with Crippen LogP contribution in [-0.2, 0) is 4.74 Å². The standard InChI is InChI=1S/C24H27FN2O3/c1-24(2,3)30-23(29)27-13-5-8-20(27)22(28)21(18-6-4-7-19(25)14-18)17-11-9-16(15-26)10-12-17/h4,6-7,9-12,14,20-22,28H,5,8,13H2,1-3H3/t20?,21-,22+/m1/s1. The molecule has 5 nitrogen and oxygen atoms in total. The number of ether oxygens (including phenoxy) is 1. The molecule has 1 saturated heterocycles. The van der Waals surface area contributed by atoms with Gasteiger partial charge in [0.05, 0.1) is 23.8 Å². The van der Waals surface area contributed by atoms with Crippen LogP contribution in [0.1, 0.15) is 56.2 Å². The average molecular weight is 410 g/mol. The number of rotatable bonds is 4. The van der Waals surface area contributed by atoms with Crippen molar-refractivity contribution in [3.63, 3.8) is 0 Å². The summed E-state index contributed by atoms with van der Waals surface area (Å²) >= 11 is 0. The molecule has 2 aromatic rings. The molecule has 1 aliphatic heterocycles. The third kappa shape index (κ3) is 4.98. The number of hydrogen-bond acceptors (Lipinski definition) is 4. The highest BCUT2D eigenvalue weighted by Crippen LogP contribution is 2.35. The van der Waals surface area contributed by atoms with E-state index >= 15 is 0 Å². The van der Waals surface area contributed by atoms with Crippen LogP contribution in [0.25, 0.3) is 0 Å². The molecule has 158 valence electrons. The van der Waals surface area contributed by atoms with E-state index in [0.29, 0.717) is 24.1 Å². The number of carbonyl (C=O) groups is 1. The molecular formula is C24H27FN2O3. The summed E-state index contributed by atoms with van der Waals surface area (Å²) in [6, 6.07) is 14.6. The first-order valence-corrected chi connectivity index (χ1v) is 10.1. The van der Waals surface area contributed by atoms with Crippen LogP contribution in [0.2, 0.25) is 0 Å². The largest absolute Gasteiger partial charge is 0.444 e. The first-order valence-electron chi connectivity index (χ1n) is 10.1. The number of likely N-dealkylation sites (tertiary alicyclic amines) is 1. The summed E-state index contributed by atoms with van der Waals surface area (Å²) in [5.41, 5.74) is 1.23. The molecule has 3 rings (SSSR count). The second kappa shape index (κ2) is 8.85. The van der Waals surface area contributed by atoms with Gasteiger partial charge in [-0.2, -0.15) is 5.26 Å². The number of carbonyl (C=O) groups excluding carboxylic acids is 1. The molecular weight excluding hydrogens is 383 g/mol. The van der Waals surface area contributed by atoms with E-state index in [2.05, 4.69) is 6.07 Å². The van der Waals surface area contributed by atoms with Crippen LogP contribution in [0, 0.1) is 17.1 Å². The molecule has 1 aliphatic rings. The summed E-state index contributed by atoms with van der Waals surface area (Å²) in [5, 5.41) is 20.5. The summed E-state index contributed by atoms with van der Waals surface area (Å²) in [5.74, 6) is -0.949. The highest BCUT2D eigenvalue weighted by molar-refractivity contribution is 5.69. The normalized spacial score (nSPS) is 18.5. The summed E-state index contributed by atoms with van der Waals surface area (Å²) in [7, 11) is 0. The molecule has 0 aromatic heterocycles. The van der Waals surface area contributed by atoms with E-state index < -0.39 is 35.6 Å². The number of benzene rings is 2. The summed E-state index contributed by atoms with van der Waals surface area (Å²) in [6.07, 6.45) is -0.0381. The summed E-state index contributed by atoms with van der Waals surface area (Å²) < 4.78 is 19.5. The lowest BCUT2D eigenvalue weighted by atomic mass is 9.82. The van der Waals surface area contributed by atoms with Crippen LogP contribution < -0.4 is 0 Å². The number of aliphatic hydroxyl groups excluding tert-OH is 1. The maximum atomic E-state index is 14.0. The van der Waals surface area contributed by atoms with Crippen molar-refractivity contribution in [2.24, 2.45) is 0 Å². The molecule has 1 unspecified atom stereocenters. The summed E-state index contributed by atoms with van der Waals surface area (Å²) in [6.45, 7) is 5.91. The lowest BCUT2D eigenvalue weighted by Crippen LogP contribution is -2.47. The fourth-order valence-electron chi connectivity index (χ4n) is 3.97. The van der Waals surface area contributed by atoms with Crippen LogP contribution in [-0.4, -0.2) is 40.4 Å². The maximum Gasteiger partial charge on any atom is 0.410 e. The van der Waals surface area contributed by atoms with Crippen molar-refractivity contribution in [1.82, 2.24) is 4.90 Å². The van der Waals surface area contributed by atoms with Crippen LogP contribution in [0.3, 0.4) is 0 Å². The monoisotopic (exact) mass is 410 g/mol. The zero-order chi connectivity index (χ0) is 21.9. The van der Waals surface area contributed by atoms with Crippen molar-refractivity contribution in [2.75, 3.05) is 6.54 Å². The van der Waals surface area contributed by atoms with E-state index in [-0.39, 0.29) is 0 Å². The molecule has 0 saturated carbocycles. The Morgan fingerprint density at radius 1 is 1.23 bits per heavy atom. The fourth-order valence-corrected chi connectivity index (χ4v) is 3.97.